The van der Waals surface area contributed by atoms with E-state index in [0.717, 1.165) is 82.9 Å². The molecule has 0 aliphatic rings. The summed E-state index contributed by atoms with van der Waals surface area (Å²) in [6.07, 6.45) is 18.8. The van der Waals surface area contributed by atoms with Gasteiger partial charge in [-0.05, 0) is 60.4 Å². The summed E-state index contributed by atoms with van der Waals surface area (Å²) in [5, 5.41) is 1.45. The van der Waals surface area contributed by atoms with E-state index in [1.165, 1.54) is 64.2 Å². The van der Waals surface area contributed by atoms with Crippen LogP contribution >= 0.6 is 0 Å². The Morgan fingerprint density at radius 2 is 0.776 bits per heavy atom. The van der Waals surface area contributed by atoms with Gasteiger partial charge in [-0.15, -0.1) is 0 Å². The minimum absolute atomic E-state index is 0.345. The van der Waals surface area contributed by atoms with Crippen LogP contribution in [0.3, 0.4) is 0 Å². The van der Waals surface area contributed by atoms with Gasteiger partial charge in [-0.25, -0.2) is 19.6 Å². The molecule has 4 aromatic carbocycles. The van der Waals surface area contributed by atoms with E-state index in [0.29, 0.717) is 35.4 Å². The number of benzene rings is 4. The van der Waals surface area contributed by atoms with Crippen LogP contribution in [0.15, 0.2) is 109 Å². The van der Waals surface area contributed by atoms with Crippen LogP contribution in [0.25, 0.3) is 55.4 Å². The van der Waals surface area contributed by atoms with Gasteiger partial charge >= 0.3 is 11.9 Å². The van der Waals surface area contributed by atoms with Gasteiger partial charge in [0.1, 0.15) is 0 Å². The third kappa shape index (κ3) is 11.8. The highest BCUT2D eigenvalue weighted by Gasteiger charge is 2.19. The maximum Gasteiger partial charge on any atom is 0.338 e. The normalized spacial score (nSPS) is 11.3. The average Bonchev–Trinajstić information content (AvgIpc) is 3.27. The number of unbranched alkanes of at least 4 members (excludes halogenated alkanes) is 14. The molecule has 2 heterocycles. The van der Waals surface area contributed by atoms with E-state index in [1.807, 2.05) is 109 Å². The van der Waals surface area contributed by atoms with Gasteiger partial charge in [0.2, 0.25) is 0 Å². The van der Waals surface area contributed by atoms with Crippen molar-refractivity contribution in [1.29, 1.82) is 0 Å². The summed E-state index contributed by atoms with van der Waals surface area (Å²) >= 11 is 0. The molecule has 302 valence electrons. The van der Waals surface area contributed by atoms with Crippen molar-refractivity contribution < 1.29 is 19.1 Å². The number of esters is 2. The van der Waals surface area contributed by atoms with Crippen molar-refractivity contribution in [2.24, 2.45) is 0 Å². The number of nitrogens with zero attached hydrogens (tertiary/aromatic N) is 2. The van der Waals surface area contributed by atoms with Crippen LogP contribution < -0.4 is 0 Å². The van der Waals surface area contributed by atoms with E-state index < -0.39 is 0 Å². The van der Waals surface area contributed by atoms with Gasteiger partial charge in [0.15, 0.2) is 0 Å². The lowest BCUT2D eigenvalue weighted by Gasteiger charge is -2.13. The minimum Gasteiger partial charge on any atom is -0.462 e. The molecule has 0 spiro atoms. The van der Waals surface area contributed by atoms with E-state index in [9.17, 15) is 9.59 Å². The molecule has 0 radical (unpaired) electrons. The number of fused-ring (bicyclic) bond motifs is 2. The van der Waals surface area contributed by atoms with Gasteiger partial charge in [0, 0.05) is 21.9 Å². The fraction of sp³-hybridized carbons (Fsp3) is 0.385. The molecule has 0 unspecified atom stereocenters. The van der Waals surface area contributed by atoms with Crippen molar-refractivity contribution in [3.05, 3.63) is 120 Å². The third-order valence-electron chi connectivity index (χ3n) is 11.0. The van der Waals surface area contributed by atoms with Gasteiger partial charge < -0.3 is 9.47 Å². The molecule has 2 aromatic heterocycles. The molecule has 58 heavy (non-hydrogen) atoms. The zero-order chi connectivity index (χ0) is 40.4. The summed E-state index contributed by atoms with van der Waals surface area (Å²) < 4.78 is 11.8. The third-order valence-corrected chi connectivity index (χ3v) is 11.0. The quantitative estimate of drug-likeness (QED) is 0.0476. The van der Waals surface area contributed by atoms with E-state index in [2.05, 4.69) is 13.8 Å². The van der Waals surface area contributed by atoms with Crippen molar-refractivity contribution >= 4 is 33.7 Å². The molecule has 6 rings (SSSR count). The Kier molecular flexibility index (Phi) is 16.4. The number of rotatable bonds is 23. The van der Waals surface area contributed by atoms with Crippen LogP contribution in [0.1, 0.15) is 137 Å². The maximum absolute atomic E-state index is 13.8. The zero-order valence-corrected chi connectivity index (χ0v) is 34.6. The molecular formula is C52H60N2O4. The summed E-state index contributed by atoms with van der Waals surface area (Å²) in [6, 6.07) is 35.6. The monoisotopic (exact) mass is 776 g/mol. The van der Waals surface area contributed by atoms with Crippen LogP contribution in [0, 0.1) is 0 Å². The molecular weight excluding hydrogens is 717 g/mol. The first-order valence-electron chi connectivity index (χ1n) is 21.9. The van der Waals surface area contributed by atoms with E-state index in [4.69, 9.17) is 19.4 Å². The number of hydrogen-bond acceptors (Lipinski definition) is 6. The SMILES string of the molecule is CCCCCCCCCCOC(=O)c1cc(-c2ccccc2)nc2ccc(-c3ccc4nc(-c5ccccc5)cc(C(=O)OCCCCCCCCCC)c4c3)cc12. The Morgan fingerprint density at radius 3 is 1.16 bits per heavy atom. The molecule has 6 heteroatoms. The fourth-order valence-electron chi connectivity index (χ4n) is 7.62. The largest absolute Gasteiger partial charge is 0.462 e. The lowest BCUT2D eigenvalue weighted by molar-refractivity contribution is 0.0490. The predicted molar refractivity (Wildman–Crippen MR) is 239 cm³/mol. The molecule has 0 amide bonds. The smallest absolute Gasteiger partial charge is 0.338 e. The van der Waals surface area contributed by atoms with Crippen molar-refractivity contribution in [3.8, 4) is 33.6 Å². The second-order valence-electron chi connectivity index (χ2n) is 15.5. The second-order valence-corrected chi connectivity index (χ2v) is 15.5. The van der Waals surface area contributed by atoms with Gasteiger partial charge in [-0.2, -0.15) is 0 Å². The average molecular weight is 777 g/mol. The van der Waals surface area contributed by atoms with Crippen molar-refractivity contribution in [2.45, 2.75) is 117 Å². The van der Waals surface area contributed by atoms with Gasteiger partial charge in [0.05, 0.1) is 46.8 Å². The first kappa shape index (κ1) is 42.3. The van der Waals surface area contributed by atoms with Crippen LogP contribution in [-0.4, -0.2) is 35.1 Å². The molecule has 6 aromatic rings. The summed E-state index contributed by atoms with van der Waals surface area (Å²) in [7, 11) is 0. The van der Waals surface area contributed by atoms with E-state index >= 15 is 0 Å². The second kappa shape index (κ2) is 22.5. The Labute approximate surface area is 345 Å². The summed E-state index contributed by atoms with van der Waals surface area (Å²) in [5.74, 6) is -0.690. The van der Waals surface area contributed by atoms with Crippen molar-refractivity contribution in [2.75, 3.05) is 13.2 Å². The Bertz CT molecular complexity index is 2060. The van der Waals surface area contributed by atoms with Gasteiger partial charge in [-0.1, -0.05) is 177 Å². The number of hydrogen-bond donors (Lipinski definition) is 0. The first-order valence-corrected chi connectivity index (χ1v) is 21.9. The van der Waals surface area contributed by atoms with Crippen LogP contribution in [0.2, 0.25) is 0 Å². The summed E-state index contributed by atoms with van der Waals surface area (Å²) in [4.78, 5) is 37.6. The van der Waals surface area contributed by atoms with Crippen molar-refractivity contribution in [1.82, 2.24) is 9.97 Å². The maximum atomic E-state index is 13.8. The molecule has 0 atom stereocenters. The van der Waals surface area contributed by atoms with Crippen LogP contribution in [0.5, 0.6) is 0 Å². The number of aromatic nitrogens is 2. The molecule has 0 saturated heterocycles. The van der Waals surface area contributed by atoms with E-state index in [-0.39, 0.29) is 11.9 Å². The molecule has 0 bridgehead atoms. The fourth-order valence-corrected chi connectivity index (χ4v) is 7.62. The molecule has 0 saturated carbocycles. The standard InChI is InChI=1S/C52H60N2O4/c1-3-5-7-9-11-13-15-23-33-57-51(55)45-37-49(39-25-19-17-20-26-39)53-47-31-29-41(35-43(45)47)42-30-32-48-44(36-42)46(38-50(54-48)40-27-21-18-22-28-40)52(56)58-34-24-16-14-12-10-8-6-4-2/h17-22,25-32,35-38H,3-16,23-24,33-34H2,1-2H3. The van der Waals surface area contributed by atoms with Gasteiger partial charge in [-0.3, -0.25) is 0 Å². The first-order chi connectivity index (χ1) is 28.6. The number of pyridine rings is 2. The molecule has 0 aliphatic heterocycles. The minimum atomic E-state index is -0.345. The van der Waals surface area contributed by atoms with Gasteiger partial charge in [0.25, 0.3) is 0 Å². The Morgan fingerprint density at radius 1 is 0.414 bits per heavy atom. The van der Waals surface area contributed by atoms with Crippen LogP contribution in [-0.2, 0) is 9.47 Å². The molecule has 0 fully saturated rings. The number of carbonyl (C=O) groups is 2. The number of ether oxygens (including phenoxy) is 2. The molecule has 6 nitrogen and oxygen atoms in total. The van der Waals surface area contributed by atoms with Crippen LogP contribution in [0.4, 0.5) is 0 Å². The molecule has 0 N–H and O–H groups in total. The summed E-state index contributed by atoms with van der Waals surface area (Å²) in [5.41, 5.74) is 7.51. The topological polar surface area (TPSA) is 78.4 Å². The van der Waals surface area contributed by atoms with E-state index in [1.54, 1.807) is 0 Å². The highest BCUT2D eigenvalue weighted by molar-refractivity contribution is 6.07. The van der Waals surface area contributed by atoms with Crippen molar-refractivity contribution in [3.63, 3.8) is 0 Å². The lowest BCUT2D eigenvalue weighted by Crippen LogP contribution is -2.08. The zero-order valence-electron chi connectivity index (χ0n) is 34.6. The Balaban J connectivity index is 1.26. The predicted octanol–water partition coefficient (Wildman–Crippen LogP) is 14.4. The number of carbonyl (C=O) groups excluding carboxylic acids is 2. The highest BCUT2D eigenvalue weighted by atomic mass is 16.5. The summed E-state index contributed by atoms with van der Waals surface area (Å²) in [6.45, 7) is 5.25. The highest BCUT2D eigenvalue weighted by Crippen LogP contribution is 2.33. The Hall–Kier alpha value is -5.36. The molecule has 0 aliphatic carbocycles. The lowest BCUT2D eigenvalue weighted by atomic mass is 9.96.